The van der Waals surface area contributed by atoms with Crippen LogP contribution in [0.4, 0.5) is 5.82 Å². The Kier molecular flexibility index (Phi) is 5.06. The molecule has 0 aliphatic heterocycles. The molecule has 0 aliphatic rings. The van der Waals surface area contributed by atoms with Gasteiger partial charge in [0.25, 0.3) is 0 Å². The van der Waals surface area contributed by atoms with E-state index in [1.54, 1.807) is 37.7 Å². The van der Waals surface area contributed by atoms with E-state index in [0.29, 0.717) is 11.7 Å². The Hall–Kier alpha value is -2.77. The van der Waals surface area contributed by atoms with Crippen LogP contribution in [-0.4, -0.2) is 25.8 Å². The van der Waals surface area contributed by atoms with E-state index in [4.69, 9.17) is 10.5 Å². The summed E-state index contributed by atoms with van der Waals surface area (Å²) in [4.78, 5) is 8.46. The molecule has 25 heavy (non-hydrogen) atoms. The Morgan fingerprint density at radius 1 is 1.04 bits per heavy atom. The minimum atomic E-state index is -2.11. The number of methoxy groups -OCH3 is 1. The first-order valence-electron chi connectivity index (χ1n) is 7.48. The molecule has 7 heteroatoms. The summed E-state index contributed by atoms with van der Waals surface area (Å²) in [7, 11) is 1.57. The number of rotatable bonds is 5. The maximum Gasteiger partial charge on any atom is 0.212 e. The SMILES string of the molecule is COc1ccc(-c2cnc(N)c(-c3ccc(CS(=O)[O-])cc3)c2)cn1. The van der Waals surface area contributed by atoms with E-state index in [9.17, 15) is 8.76 Å². The standard InChI is InChI=1S/C18H17N3O3S/c1-24-17-7-6-14(9-20-17)15-8-16(18(19)21-10-15)13-4-2-12(3-5-13)11-25(22)23/h2-10H,11H2,1H3,(H2,19,21)(H,22,23)/p-1. The molecule has 1 atom stereocenters. The molecule has 0 amide bonds. The molecular formula is C18H16N3O3S-. The molecule has 0 aliphatic carbocycles. The highest BCUT2D eigenvalue weighted by Crippen LogP contribution is 2.30. The van der Waals surface area contributed by atoms with Crippen LogP contribution in [-0.2, 0) is 16.8 Å². The maximum absolute atomic E-state index is 10.8. The highest BCUT2D eigenvalue weighted by atomic mass is 32.2. The van der Waals surface area contributed by atoms with Crippen LogP contribution in [0.25, 0.3) is 22.3 Å². The van der Waals surface area contributed by atoms with Gasteiger partial charge in [-0.15, -0.1) is 0 Å². The predicted octanol–water partition coefficient (Wildman–Crippen LogP) is 2.78. The van der Waals surface area contributed by atoms with Gasteiger partial charge >= 0.3 is 0 Å². The summed E-state index contributed by atoms with van der Waals surface area (Å²) in [5, 5.41) is 0. The molecule has 2 N–H and O–H groups in total. The van der Waals surface area contributed by atoms with Crippen molar-refractivity contribution in [1.29, 1.82) is 0 Å². The fourth-order valence-electron chi connectivity index (χ4n) is 2.45. The lowest BCUT2D eigenvalue weighted by atomic mass is 10.0. The maximum atomic E-state index is 10.8. The normalized spacial score (nSPS) is 11.9. The van der Waals surface area contributed by atoms with Gasteiger partial charge in [0, 0.05) is 40.9 Å². The quantitative estimate of drug-likeness (QED) is 0.707. The number of nitrogens with two attached hydrogens (primary N) is 1. The molecule has 0 saturated carbocycles. The molecular weight excluding hydrogens is 338 g/mol. The minimum absolute atomic E-state index is 0.00836. The summed E-state index contributed by atoms with van der Waals surface area (Å²) in [6.45, 7) is 0. The Balaban J connectivity index is 1.94. The number of pyridine rings is 2. The van der Waals surface area contributed by atoms with E-state index >= 15 is 0 Å². The molecule has 0 bridgehead atoms. The third-order valence-corrected chi connectivity index (χ3v) is 4.32. The van der Waals surface area contributed by atoms with Gasteiger partial charge in [0.05, 0.1) is 7.11 Å². The third-order valence-electron chi connectivity index (χ3n) is 3.75. The molecule has 128 valence electrons. The number of ether oxygens (including phenoxy) is 1. The molecule has 0 saturated heterocycles. The first-order chi connectivity index (χ1) is 12.1. The van der Waals surface area contributed by atoms with E-state index in [-0.39, 0.29) is 5.75 Å². The van der Waals surface area contributed by atoms with Crippen molar-refractivity contribution in [1.82, 2.24) is 9.97 Å². The molecule has 3 rings (SSSR count). The van der Waals surface area contributed by atoms with Crippen LogP contribution in [0.3, 0.4) is 0 Å². The van der Waals surface area contributed by atoms with E-state index < -0.39 is 11.1 Å². The molecule has 3 aromatic rings. The van der Waals surface area contributed by atoms with Crippen LogP contribution in [0.15, 0.2) is 54.9 Å². The first kappa shape index (κ1) is 17.1. The Morgan fingerprint density at radius 3 is 2.32 bits per heavy atom. The van der Waals surface area contributed by atoms with Gasteiger partial charge in [0.2, 0.25) is 5.88 Å². The van der Waals surface area contributed by atoms with Crippen LogP contribution < -0.4 is 10.5 Å². The molecule has 2 heterocycles. The average Bonchev–Trinajstić information content (AvgIpc) is 2.63. The number of nitrogens with zero attached hydrogens (tertiary/aromatic N) is 2. The summed E-state index contributed by atoms with van der Waals surface area (Å²) < 4.78 is 26.6. The van der Waals surface area contributed by atoms with Crippen molar-refractivity contribution in [3.8, 4) is 28.1 Å². The van der Waals surface area contributed by atoms with Gasteiger partial charge in [0.15, 0.2) is 0 Å². The lowest BCUT2D eigenvalue weighted by Crippen LogP contribution is -1.96. The Labute approximate surface area is 148 Å². The molecule has 6 nitrogen and oxygen atoms in total. The van der Waals surface area contributed by atoms with Crippen molar-refractivity contribution in [2.45, 2.75) is 5.75 Å². The topological polar surface area (TPSA) is 101 Å². The van der Waals surface area contributed by atoms with Crippen molar-refractivity contribution >= 4 is 16.9 Å². The zero-order chi connectivity index (χ0) is 17.8. The third kappa shape index (κ3) is 4.01. The van der Waals surface area contributed by atoms with Crippen molar-refractivity contribution < 1.29 is 13.5 Å². The number of benzene rings is 1. The second-order valence-corrected chi connectivity index (χ2v) is 6.29. The molecule has 1 aromatic carbocycles. The molecule has 2 aromatic heterocycles. The van der Waals surface area contributed by atoms with Gasteiger partial charge in [0.1, 0.15) is 5.82 Å². The first-order valence-corrected chi connectivity index (χ1v) is 8.72. The number of hydrogen-bond donors (Lipinski definition) is 1. The lowest BCUT2D eigenvalue weighted by Gasteiger charge is -2.10. The second-order valence-electron chi connectivity index (χ2n) is 5.39. The van der Waals surface area contributed by atoms with Gasteiger partial charge < -0.3 is 15.0 Å². The van der Waals surface area contributed by atoms with Gasteiger partial charge in [-0.3, -0.25) is 4.21 Å². The highest BCUT2D eigenvalue weighted by molar-refractivity contribution is 7.78. The molecule has 0 fully saturated rings. The summed E-state index contributed by atoms with van der Waals surface area (Å²) in [6, 6.07) is 12.8. The van der Waals surface area contributed by atoms with Crippen LogP contribution in [0, 0.1) is 0 Å². The summed E-state index contributed by atoms with van der Waals surface area (Å²) >= 11 is -2.11. The van der Waals surface area contributed by atoms with Crippen LogP contribution in [0.2, 0.25) is 0 Å². The van der Waals surface area contributed by atoms with Crippen molar-refractivity contribution in [2.75, 3.05) is 12.8 Å². The minimum Gasteiger partial charge on any atom is -0.772 e. The van der Waals surface area contributed by atoms with E-state index in [0.717, 1.165) is 27.8 Å². The monoisotopic (exact) mass is 354 g/mol. The smallest absolute Gasteiger partial charge is 0.212 e. The van der Waals surface area contributed by atoms with Gasteiger partial charge in [-0.1, -0.05) is 35.3 Å². The summed E-state index contributed by atoms with van der Waals surface area (Å²) in [6.07, 6.45) is 3.40. The second kappa shape index (κ2) is 7.42. The zero-order valence-electron chi connectivity index (χ0n) is 13.5. The summed E-state index contributed by atoms with van der Waals surface area (Å²) in [5.41, 5.74) is 10.2. The number of nitrogen functional groups attached to an aromatic ring is 1. The fraction of sp³-hybridized carbons (Fsp3) is 0.111. The van der Waals surface area contributed by atoms with Crippen LogP contribution >= 0.6 is 0 Å². The van der Waals surface area contributed by atoms with Crippen LogP contribution in [0.1, 0.15) is 5.56 Å². The lowest BCUT2D eigenvalue weighted by molar-refractivity contribution is 0.398. The molecule has 0 radical (unpaired) electrons. The van der Waals surface area contributed by atoms with E-state index in [1.165, 1.54) is 0 Å². The Bertz CT molecular complexity index is 896. The average molecular weight is 354 g/mol. The number of hydrogen-bond acceptors (Lipinski definition) is 6. The van der Waals surface area contributed by atoms with Gasteiger partial charge in [-0.25, -0.2) is 9.97 Å². The zero-order valence-corrected chi connectivity index (χ0v) is 14.3. The fourth-order valence-corrected chi connectivity index (χ4v) is 2.92. The van der Waals surface area contributed by atoms with E-state index in [1.807, 2.05) is 24.3 Å². The largest absolute Gasteiger partial charge is 0.772 e. The van der Waals surface area contributed by atoms with Crippen molar-refractivity contribution in [3.05, 3.63) is 60.4 Å². The van der Waals surface area contributed by atoms with Crippen molar-refractivity contribution in [3.63, 3.8) is 0 Å². The molecule has 1 unspecified atom stereocenters. The van der Waals surface area contributed by atoms with E-state index in [2.05, 4.69) is 9.97 Å². The molecule has 0 spiro atoms. The Morgan fingerprint density at radius 2 is 1.72 bits per heavy atom. The predicted molar refractivity (Wildman–Crippen MR) is 96.5 cm³/mol. The van der Waals surface area contributed by atoms with Crippen LogP contribution in [0.5, 0.6) is 5.88 Å². The highest BCUT2D eigenvalue weighted by Gasteiger charge is 2.08. The number of anilines is 1. The summed E-state index contributed by atoms with van der Waals surface area (Å²) in [5.74, 6) is 0.940. The van der Waals surface area contributed by atoms with Gasteiger partial charge in [-0.05, 0) is 23.3 Å². The van der Waals surface area contributed by atoms with Gasteiger partial charge in [-0.2, -0.15) is 0 Å². The number of aromatic nitrogens is 2. The van der Waals surface area contributed by atoms with Crippen molar-refractivity contribution in [2.24, 2.45) is 0 Å².